The zero-order valence-electron chi connectivity index (χ0n) is 9.97. The quantitative estimate of drug-likeness (QED) is 0.833. The second-order valence-electron chi connectivity index (χ2n) is 4.15. The van der Waals surface area contributed by atoms with Gasteiger partial charge < -0.3 is 4.90 Å². The van der Waals surface area contributed by atoms with Crippen molar-refractivity contribution in [2.45, 2.75) is 6.42 Å². The van der Waals surface area contributed by atoms with Crippen molar-refractivity contribution in [2.24, 2.45) is 0 Å². The lowest BCUT2D eigenvalue weighted by Crippen LogP contribution is -2.17. The molecule has 1 aromatic heterocycles. The SMILES string of the molecule is CN(C)CCc1nncn1-c1ccc(Cl)cc1. The molecule has 2 rings (SSSR count). The van der Waals surface area contributed by atoms with E-state index in [9.17, 15) is 0 Å². The first-order valence-corrected chi connectivity index (χ1v) is 5.84. The summed E-state index contributed by atoms with van der Waals surface area (Å²) < 4.78 is 1.99. The average molecular weight is 251 g/mol. The fraction of sp³-hybridized carbons (Fsp3) is 0.333. The van der Waals surface area contributed by atoms with Gasteiger partial charge in [0.25, 0.3) is 0 Å². The molecule has 0 saturated heterocycles. The third-order valence-corrected chi connectivity index (χ3v) is 2.76. The first-order chi connectivity index (χ1) is 8.16. The Morgan fingerprint density at radius 1 is 1.24 bits per heavy atom. The standard InChI is InChI=1S/C12H15ClN4/c1-16(2)8-7-12-15-14-9-17(12)11-5-3-10(13)4-6-11/h3-6,9H,7-8H2,1-2H3. The number of aromatic nitrogens is 3. The van der Waals surface area contributed by atoms with Crippen LogP contribution in [0.1, 0.15) is 5.82 Å². The van der Waals surface area contributed by atoms with Crippen LogP contribution in [0, 0.1) is 0 Å². The Balaban J connectivity index is 2.21. The van der Waals surface area contributed by atoms with Gasteiger partial charge in [0.15, 0.2) is 0 Å². The van der Waals surface area contributed by atoms with Gasteiger partial charge in [0.05, 0.1) is 0 Å². The summed E-state index contributed by atoms with van der Waals surface area (Å²) >= 11 is 5.87. The third kappa shape index (κ3) is 3.05. The molecule has 17 heavy (non-hydrogen) atoms. The minimum absolute atomic E-state index is 0.733. The van der Waals surface area contributed by atoms with Gasteiger partial charge in [-0.1, -0.05) is 11.6 Å². The van der Waals surface area contributed by atoms with Gasteiger partial charge in [0, 0.05) is 23.7 Å². The highest BCUT2D eigenvalue weighted by Crippen LogP contribution is 2.14. The van der Waals surface area contributed by atoms with Crippen molar-refractivity contribution in [3.05, 3.63) is 41.4 Å². The fourth-order valence-corrected chi connectivity index (χ4v) is 1.70. The zero-order valence-corrected chi connectivity index (χ0v) is 10.7. The Kier molecular flexibility index (Phi) is 3.76. The summed E-state index contributed by atoms with van der Waals surface area (Å²) in [5.41, 5.74) is 1.04. The molecule has 0 amide bonds. The highest BCUT2D eigenvalue weighted by molar-refractivity contribution is 6.30. The van der Waals surface area contributed by atoms with Crippen molar-refractivity contribution in [2.75, 3.05) is 20.6 Å². The highest BCUT2D eigenvalue weighted by Gasteiger charge is 2.06. The van der Waals surface area contributed by atoms with Crippen LogP contribution in [0.2, 0.25) is 5.02 Å². The second kappa shape index (κ2) is 5.29. The van der Waals surface area contributed by atoms with E-state index >= 15 is 0 Å². The van der Waals surface area contributed by atoms with Crippen molar-refractivity contribution < 1.29 is 0 Å². The van der Waals surface area contributed by atoms with Crippen LogP contribution in [0.3, 0.4) is 0 Å². The van der Waals surface area contributed by atoms with Crippen LogP contribution in [0.5, 0.6) is 0 Å². The number of likely N-dealkylation sites (N-methyl/N-ethyl adjacent to an activating group) is 1. The number of nitrogens with zero attached hydrogens (tertiary/aromatic N) is 4. The van der Waals surface area contributed by atoms with Gasteiger partial charge in [-0.25, -0.2) is 0 Å². The van der Waals surface area contributed by atoms with E-state index in [1.165, 1.54) is 0 Å². The van der Waals surface area contributed by atoms with Crippen LogP contribution in [-0.4, -0.2) is 40.3 Å². The average Bonchev–Trinajstić information content (AvgIpc) is 2.75. The predicted octanol–water partition coefficient (Wildman–Crippen LogP) is 2.02. The van der Waals surface area contributed by atoms with Gasteiger partial charge in [-0.15, -0.1) is 10.2 Å². The molecule has 4 nitrogen and oxygen atoms in total. The Morgan fingerprint density at radius 3 is 2.59 bits per heavy atom. The van der Waals surface area contributed by atoms with Crippen molar-refractivity contribution in [3.63, 3.8) is 0 Å². The lowest BCUT2D eigenvalue weighted by atomic mass is 10.3. The zero-order chi connectivity index (χ0) is 12.3. The number of rotatable bonds is 4. The van der Waals surface area contributed by atoms with E-state index in [0.29, 0.717) is 0 Å². The normalized spacial score (nSPS) is 11.1. The van der Waals surface area contributed by atoms with Crippen molar-refractivity contribution in [1.82, 2.24) is 19.7 Å². The molecule has 0 fully saturated rings. The smallest absolute Gasteiger partial charge is 0.138 e. The van der Waals surface area contributed by atoms with Crippen LogP contribution in [0.15, 0.2) is 30.6 Å². The minimum Gasteiger partial charge on any atom is -0.309 e. The predicted molar refractivity (Wildman–Crippen MR) is 68.6 cm³/mol. The maximum atomic E-state index is 5.87. The Labute approximate surface area is 106 Å². The molecule has 1 aromatic carbocycles. The van der Waals surface area contributed by atoms with E-state index < -0.39 is 0 Å². The lowest BCUT2D eigenvalue weighted by molar-refractivity contribution is 0.408. The maximum absolute atomic E-state index is 5.87. The first-order valence-electron chi connectivity index (χ1n) is 5.46. The van der Waals surface area contributed by atoms with Gasteiger partial charge in [-0.2, -0.15) is 0 Å². The highest BCUT2D eigenvalue weighted by atomic mass is 35.5. The van der Waals surface area contributed by atoms with Crippen molar-refractivity contribution in [3.8, 4) is 5.69 Å². The molecular formula is C12H15ClN4. The van der Waals surface area contributed by atoms with Gasteiger partial charge in [-0.3, -0.25) is 4.57 Å². The maximum Gasteiger partial charge on any atom is 0.138 e. The molecule has 1 heterocycles. The van der Waals surface area contributed by atoms with Crippen LogP contribution < -0.4 is 0 Å². The molecule has 0 atom stereocenters. The molecule has 90 valence electrons. The van der Waals surface area contributed by atoms with E-state index in [2.05, 4.69) is 15.1 Å². The lowest BCUT2D eigenvalue weighted by Gasteiger charge is -2.10. The summed E-state index contributed by atoms with van der Waals surface area (Å²) in [5.74, 6) is 0.959. The molecule has 2 aromatic rings. The minimum atomic E-state index is 0.733. The monoisotopic (exact) mass is 250 g/mol. The molecule has 0 saturated carbocycles. The fourth-order valence-electron chi connectivity index (χ4n) is 1.57. The van der Waals surface area contributed by atoms with Gasteiger partial charge in [0.2, 0.25) is 0 Å². The molecule has 0 aliphatic rings. The van der Waals surface area contributed by atoms with E-state index in [1.807, 2.05) is 42.9 Å². The Hall–Kier alpha value is -1.39. The summed E-state index contributed by atoms with van der Waals surface area (Å²) in [4.78, 5) is 2.13. The van der Waals surface area contributed by atoms with Crippen LogP contribution in [0.4, 0.5) is 0 Å². The Morgan fingerprint density at radius 2 is 1.94 bits per heavy atom. The largest absolute Gasteiger partial charge is 0.309 e. The third-order valence-electron chi connectivity index (χ3n) is 2.51. The molecule has 0 spiro atoms. The summed E-state index contributed by atoms with van der Waals surface area (Å²) in [6, 6.07) is 7.66. The molecule has 0 aliphatic heterocycles. The van der Waals surface area contributed by atoms with Gasteiger partial charge in [-0.05, 0) is 38.4 Å². The summed E-state index contributed by atoms with van der Waals surface area (Å²) in [5, 5.41) is 8.83. The topological polar surface area (TPSA) is 34.0 Å². The molecule has 0 N–H and O–H groups in total. The molecule has 0 bridgehead atoms. The Bertz CT molecular complexity index is 476. The number of hydrogen-bond donors (Lipinski definition) is 0. The van der Waals surface area contributed by atoms with Crippen molar-refractivity contribution in [1.29, 1.82) is 0 Å². The van der Waals surface area contributed by atoms with Crippen LogP contribution >= 0.6 is 11.6 Å². The van der Waals surface area contributed by atoms with Gasteiger partial charge >= 0.3 is 0 Å². The first kappa shape index (κ1) is 12.1. The summed E-state index contributed by atoms with van der Waals surface area (Å²) in [7, 11) is 4.09. The van der Waals surface area contributed by atoms with Gasteiger partial charge in [0.1, 0.15) is 12.2 Å². The summed E-state index contributed by atoms with van der Waals surface area (Å²) in [6.07, 6.45) is 2.60. The van der Waals surface area contributed by atoms with E-state index in [-0.39, 0.29) is 0 Å². The molecule has 5 heteroatoms. The van der Waals surface area contributed by atoms with Crippen LogP contribution in [0.25, 0.3) is 5.69 Å². The molecule has 0 aliphatic carbocycles. The number of halogens is 1. The van der Waals surface area contributed by atoms with Crippen molar-refractivity contribution >= 4 is 11.6 Å². The van der Waals surface area contributed by atoms with Crippen LogP contribution in [-0.2, 0) is 6.42 Å². The molecule has 0 radical (unpaired) electrons. The summed E-state index contributed by atoms with van der Waals surface area (Å²) in [6.45, 7) is 0.951. The second-order valence-corrected chi connectivity index (χ2v) is 4.58. The van der Waals surface area contributed by atoms with E-state index in [0.717, 1.165) is 29.5 Å². The molecular weight excluding hydrogens is 236 g/mol. The number of benzene rings is 1. The molecule has 0 unspecified atom stereocenters. The van der Waals surface area contributed by atoms with E-state index in [4.69, 9.17) is 11.6 Å². The number of hydrogen-bond acceptors (Lipinski definition) is 3. The van der Waals surface area contributed by atoms with E-state index in [1.54, 1.807) is 6.33 Å².